The Bertz CT molecular complexity index is 179. The van der Waals surface area contributed by atoms with Crippen LogP contribution in [0.3, 0.4) is 0 Å². The Kier molecular flexibility index (Phi) is 2.73. The van der Waals surface area contributed by atoms with Crippen LogP contribution in [-0.2, 0) is 14.3 Å². The van der Waals surface area contributed by atoms with Crippen LogP contribution in [-0.4, -0.2) is 26.3 Å². The summed E-state index contributed by atoms with van der Waals surface area (Å²) in [5.74, 6) is -0.109. The lowest BCUT2D eigenvalue weighted by Gasteiger charge is -2.19. The van der Waals surface area contributed by atoms with Gasteiger partial charge in [0.25, 0.3) is 0 Å². The molecule has 0 aliphatic heterocycles. The number of hydrogen-bond acceptors (Lipinski definition) is 3. The van der Waals surface area contributed by atoms with Crippen LogP contribution in [0.5, 0.6) is 0 Å². The molecule has 0 aromatic heterocycles. The molecule has 1 rings (SSSR count). The van der Waals surface area contributed by atoms with Crippen LogP contribution in [0.15, 0.2) is 0 Å². The molecule has 0 amide bonds. The Hall–Kier alpha value is -0.570. The van der Waals surface area contributed by atoms with Gasteiger partial charge < -0.3 is 9.47 Å². The standard InChI is InChI=1S/C9H16O3/c1-9(8(10)12-3)5-4-7(6-9)11-2/h7H,4-6H2,1-3H3. The van der Waals surface area contributed by atoms with Gasteiger partial charge in [-0.1, -0.05) is 0 Å². The maximum atomic E-state index is 11.3. The Morgan fingerprint density at radius 2 is 2.17 bits per heavy atom. The van der Waals surface area contributed by atoms with E-state index in [-0.39, 0.29) is 17.5 Å². The fourth-order valence-corrected chi connectivity index (χ4v) is 1.82. The highest BCUT2D eigenvalue weighted by Crippen LogP contribution is 2.39. The second-order valence-corrected chi connectivity index (χ2v) is 3.65. The zero-order chi connectivity index (χ0) is 9.19. The highest BCUT2D eigenvalue weighted by Gasteiger charge is 2.42. The number of carbonyl (C=O) groups excluding carboxylic acids is 1. The predicted molar refractivity (Wildman–Crippen MR) is 44.8 cm³/mol. The SMILES string of the molecule is COC(=O)C1(C)CCC(OC)C1. The molecule has 0 aromatic rings. The van der Waals surface area contributed by atoms with Crippen molar-refractivity contribution in [2.24, 2.45) is 5.41 Å². The van der Waals surface area contributed by atoms with Gasteiger partial charge in [0.2, 0.25) is 0 Å². The Labute approximate surface area is 73.0 Å². The lowest BCUT2D eigenvalue weighted by molar-refractivity contribution is -0.151. The third kappa shape index (κ3) is 1.61. The topological polar surface area (TPSA) is 35.5 Å². The number of rotatable bonds is 2. The summed E-state index contributed by atoms with van der Waals surface area (Å²) in [5, 5.41) is 0. The fraction of sp³-hybridized carbons (Fsp3) is 0.889. The molecule has 0 bridgehead atoms. The van der Waals surface area contributed by atoms with E-state index in [1.807, 2.05) is 6.92 Å². The van der Waals surface area contributed by atoms with Gasteiger partial charge in [0.15, 0.2) is 0 Å². The largest absolute Gasteiger partial charge is 0.469 e. The van der Waals surface area contributed by atoms with E-state index >= 15 is 0 Å². The van der Waals surface area contributed by atoms with Crippen molar-refractivity contribution in [2.75, 3.05) is 14.2 Å². The summed E-state index contributed by atoms with van der Waals surface area (Å²) in [6.07, 6.45) is 2.85. The molecule has 1 fully saturated rings. The second kappa shape index (κ2) is 3.44. The molecule has 3 heteroatoms. The minimum atomic E-state index is -0.310. The van der Waals surface area contributed by atoms with E-state index in [0.717, 1.165) is 19.3 Å². The van der Waals surface area contributed by atoms with Crippen molar-refractivity contribution in [2.45, 2.75) is 32.3 Å². The summed E-state index contributed by atoms with van der Waals surface area (Å²) in [5.41, 5.74) is -0.310. The van der Waals surface area contributed by atoms with Gasteiger partial charge in [-0.2, -0.15) is 0 Å². The first-order valence-electron chi connectivity index (χ1n) is 4.23. The quantitative estimate of drug-likeness (QED) is 0.590. The van der Waals surface area contributed by atoms with Crippen LogP contribution in [0.2, 0.25) is 0 Å². The van der Waals surface area contributed by atoms with Crippen LogP contribution < -0.4 is 0 Å². The van der Waals surface area contributed by atoms with Crippen LogP contribution in [0.25, 0.3) is 0 Å². The van der Waals surface area contributed by atoms with Crippen molar-refractivity contribution in [1.29, 1.82) is 0 Å². The average molecular weight is 172 g/mol. The molecule has 0 N–H and O–H groups in total. The first kappa shape index (κ1) is 9.52. The van der Waals surface area contributed by atoms with Gasteiger partial charge in [0.05, 0.1) is 18.6 Å². The zero-order valence-corrected chi connectivity index (χ0v) is 7.92. The molecule has 2 atom stereocenters. The summed E-state index contributed by atoms with van der Waals surface area (Å²) < 4.78 is 9.93. The predicted octanol–water partition coefficient (Wildman–Crippen LogP) is 1.36. The number of esters is 1. The van der Waals surface area contributed by atoms with Crippen molar-refractivity contribution >= 4 is 5.97 Å². The van der Waals surface area contributed by atoms with E-state index in [1.54, 1.807) is 7.11 Å². The third-order valence-electron chi connectivity index (χ3n) is 2.71. The lowest BCUT2D eigenvalue weighted by atomic mass is 9.89. The van der Waals surface area contributed by atoms with E-state index in [4.69, 9.17) is 9.47 Å². The summed E-state index contributed by atoms with van der Waals surface area (Å²) in [6, 6.07) is 0. The Morgan fingerprint density at radius 3 is 2.58 bits per heavy atom. The summed E-state index contributed by atoms with van der Waals surface area (Å²) in [6.45, 7) is 1.94. The molecule has 12 heavy (non-hydrogen) atoms. The molecule has 0 heterocycles. The van der Waals surface area contributed by atoms with E-state index in [2.05, 4.69) is 0 Å². The van der Waals surface area contributed by atoms with Crippen LogP contribution in [0.4, 0.5) is 0 Å². The van der Waals surface area contributed by atoms with Gasteiger partial charge in [0, 0.05) is 7.11 Å². The van der Waals surface area contributed by atoms with Crippen molar-refractivity contribution in [3.05, 3.63) is 0 Å². The molecule has 0 spiro atoms. The van der Waals surface area contributed by atoms with E-state index < -0.39 is 0 Å². The number of methoxy groups -OCH3 is 2. The first-order chi connectivity index (χ1) is 5.62. The molecule has 1 saturated carbocycles. The molecule has 0 saturated heterocycles. The van der Waals surface area contributed by atoms with Gasteiger partial charge >= 0.3 is 5.97 Å². The molecule has 70 valence electrons. The Morgan fingerprint density at radius 1 is 1.50 bits per heavy atom. The van der Waals surface area contributed by atoms with Gasteiger partial charge in [-0.15, -0.1) is 0 Å². The van der Waals surface area contributed by atoms with E-state index in [9.17, 15) is 4.79 Å². The van der Waals surface area contributed by atoms with Crippen LogP contribution in [0.1, 0.15) is 26.2 Å². The maximum absolute atomic E-state index is 11.3. The molecule has 2 unspecified atom stereocenters. The zero-order valence-electron chi connectivity index (χ0n) is 7.92. The van der Waals surface area contributed by atoms with Crippen molar-refractivity contribution in [3.63, 3.8) is 0 Å². The average Bonchev–Trinajstić information content (AvgIpc) is 2.47. The molecular weight excluding hydrogens is 156 g/mol. The van der Waals surface area contributed by atoms with Crippen LogP contribution >= 0.6 is 0 Å². The van der Waals surface area contributed by atoms with Gasteiger partial charge in [-0.25, -0.2) is 0 Å². The monoisotopic (exact) mass is 172 g/mol. The normalized spacial score (nSPS) is 35.1. The molecule has 0 aromatic carbocycles. The highest BCUT2D eigenvalue weighted by atomic mass is 16.5. The minimum Gasteiger partial charge on any atom is -0.469 e. The molecular formula is C9H16O3. The van der Waals surface area contributed by atoms with Gasteiger partial charge in [-0.05, 0) is 26.2 Å². The van der Waals surface area contributed by atoms with Crippen LogP contribution in [0, 0.1) is 5.41 Å². The van der Waals surface area contributed by atoms with Crippen molar-refractivity contribution in [1.82, 2.24) is 0 Å². The van der Waals surface area contributed by atoms with Crippen molar-refractivity contribution < 1.29 is 14.3 Å². The minimum absolute atomic E-state index is 0.109. The Balaban J connectivity index is 2.57. The summed E-state index contributed by atoms with van der Waals surface area (Å²) in [4.78, 5) is 11.3. The highest BCUT2D eigenvalue weighted by molar-refractivity contribution is 5.76. The maximum Gasteiger partial charge on any atom is 0.311 e. The van der Waals surface area contributed by atoms with Crippen molar-refractivity contribution in [3.8, 4) is 0 Å². The molecule has 1 aliphatic carbocycles. The number of carbonyl (C=O) groups is 1. The lowest BCUT2D eigenvalue weighted by Crippen LogP contribution is -2.26. The van der Waals surface area contributed by atoms with E-state index in [1.165, 1.54) is 7.11 Å². The van der Waals surface area contributed by atoms with E-state index in [0.29, 0.717) is 0 Å². The molecule has 1 aliphatic rings. The van der Waals surface area contributed by atoms with Gasteiger partial charge in [0.1, 0.15) is 0 Å². The summed E-state index contributed by atoms with van der Waals surface area (Å²) >= 11 is 0. The number of hydrogen-bond donors (Lipinski definition) is 0. The fourth-order valence-electron chi connectivity index (χ4n) is 1.82. The van der Waals surface area contributed by atoms with Gasteiger partial charge in [-0.3, -0.25) is 4.79 Å². The molecule has 3 nitrogen and oxygen atoms in total. The molecule has 0 radical (unpaired) electrons. The third-order valence-corrected chi connectivity index (χ3v) is 2.71. The number of ether oxygens (including phenoxy) is 2. The summed E-state index contributed by atoms with van der Waals surface area (Å²) in [7, 11) is 3.13. The first-order valence-corrected chi connectivity index (χ1v) is 4.23. The second-order valence-electron chi connectivity index (χ2n) is 3.65. The smallest absolute Gasteiger partial charge is 0.311 e.